The lowest BCUT2D eigenvalue weighted by atomic mass is 10.3. The summed E-state index contributed by atoms with van der Waals surface area (Å²) < 4.78 is 5.24. The van der Waals surface area contributed by atoms with E-state index in [4.69, 9.17) is 10.5 Å². The van der Waals surface area contributed by atoms with Crippen molar-refractivity contribution in [2.75, 3.05) is 30.8 Å². The van der Waals surface area contributed by atoms with Crippen LogP contribution in [0, 0.1) is 0 Å². The zero-order valence-corrected chi connectivity index (χ0v) is 8.56. The summed E-state index contributed by atoms with van der Waals surface area (Å²) in [5, 5.41) is 0. The molecule has 6 nitrogen and oxygen atoms in total. The molecule has 0 radical (unpaired) electrons. The highest BCUT2D eigenvalue weighted by atomic mass is 16.5. The lowest BCUT2D eigenvalue weighted by molar-refractivity contribution is 0.121. The van der Waals surface area contributed by atoms with Crippen LogP contribution in [0.1, 0.15) is 6.42 Å². The molecule has 2 rings (SSSR count). The molecule has 1 unspecified atom stereocenters. The fourth-order valence-corrected chi connectivity index (χ4v) is 1.77. The minimum Gasteiger partial charge on any atom is -0.391 e. The first-order valence-corrected chi connectivity index (χ1v) is 4.83. The van der Waals surface area contributed by atoms with E-state index < -0.39 is 0 Å². The van der Waals surface area contributed by atoms with Gasteiger partial charge >= 0.3 is 0 Å². The molecule has 0 amide bonds. The molecule has 3 N–H and O–H groups in total. The third kappa shape index (κ3) is 1.80. The summed E-state index contributed by atoms with van der Waals surface area (Å²) in [5.41, 5.74) is 5.54. The normalized spacial score (nSPS) is 20.9. The maximum Gasteiger partial charge on any atom is 0.276 e. The summed E-state index contributed by atoms with van der Waals surface area (Å²) in [6.45, 7) is 1.55. The number of ether oxygens (including phenoxy) is 1. The van der Waals surface area contributed by atoms with E-state index in [0.717, 1.165) is 19.5 Å². The Morgan fingerprint density at radius 1 is 1.73 bits per heavy atom. The van der Waals surface area contributed by atoms with Gasteiger partial charge in [0.15, 0.2) is 5.82 Å². The van der Waals surface area contributed by atoms with Gasteiger partial charge in [0.2, 0.25) is 0 Å². The lowest BCUT2D eigenvalue weighted by Gasteiger charge is -2.17. The van der Waals surface area contributed by atoms with Gasteiger partial charge in [-0.25, -0.2) is 4.98 Å². The molecule has 1 atom stereocenters. The number of hydrogen-bond donors (Lipinski definition) is 2. The van der Waals surface area contributed by atoms with Crippen LogP contribution in [0.4, 0.5) is 11.5 Å². The van der Waals surface area contributed by atoms with E-state index in [1.54, 1.807) is 7.11 Å². The monoisotopic (exact) mass is 210 g/mol. The third-order valence-electron chi connectivity index (χ3n) is 2.65. The fourth-order valence-electron chi connectivity index (χ4n) is 1.77. The minimum atomic E-state index is -0.291. The number of nitrogen functional groups attached to an aromatic ring is 1. The summed E-state index contributed by atoms with van der Waals surface area (Å²) in [6.07, 6.45) is 2.50. The number of H-pyrrole nitrogens is 1. The Morgan fingerprint density at radius 3 is 3.20 bits per heavy atom. The molecular formula is C9H14N4O2. The zero-order chi connectivity index (χ0) is 10.8. The summed E-state index contributed by atoms with van der Waals surface area (Å²) in [7, 11) is 1.68. The van der Waals surface area contributed by atoms with Crippen LogP contribution < -0.4 is 16.2 Å². The van der Waals surface area contributed by atoms with E-state index in [9.17, 15) is 4.79 Å². The van der Waals surface area contributed by atoms with Gasteiger partial charge < -0.3 is 20.4 Å². The van der Waals surface area contributed by atoms with E-state index in [2.05, 4.69) is 9.97 Å². The summed E-state index contributed by atoms with van der Waals surface area (Å²) >= 11 is 0. The van der Waals surface area contributed by atoms with Crippen molar-refractivity contribution < 1.29 is 4.74 Å². The lowest BCUT2D eigenvalue weighted by Crippen LogP contribution is -2.27. The van der Waals surface area contributed by atoms with Crippen molar-refractivity contribution in [1.82, 2.24) is 9.97 Å². The molecule has 0 bridgehead atoms. The van der Waals surface area contributed by atoms with Crippen LogP contribution in [-0.4, -0.2) is 36.3 Å². The number of hydrogen-bond acceptors (Lipinski definition) is 5. The molecule has 0 spiro atoms. The molecule has 1 fully saturated rings. The van der Waals surface area contributed by atoms with Crippen LogP contribution >= 0.6 is 0 Å². The number of methoxy groups -OCH3 is 1. The average molecular weight is 210 g/mol. The Bertz CT molecular complexity index is 403. The van der Waals surface area contributed by atoms with Gasteiger partial charge in [0.1, 0.15) is 5.69 Å². The summed E-state index contributed by atoms with van der Waals surface area (Å²) in [6, 6.07) is 0. The van der Waals surface area contributed by atoms with E-state index in [1.165, 1.54) is 6.33 Å². The molecule has 1 saturated heterocycles. The van der Waals surface area contributed by atoms with Crippen LogP contribution in [0.25, 0.3) is 0 Å². The maximum atomic E-state index is 11.3. The second-order valence-corrected chi connectivity index (χ2v) is 3.56. The van der Waals surface area contributed by atoms with Gasteiger partial charge in [-0.15, -0.1) is 0 Å². The molecule has 6 heteroatoms. The quantitative estimate of drug-likeness (QED) is 0.692. The van der Waals surface area contributed by atoms with Gasteiger partial charge in [-0.05, 0) is 6.42 Å². The molecule has 1 aliphatic heterocycles. The topological polar surface area (TPSA) is 84.2 Å². The Kier molecular flexibility index (Phi) is 2.59. The van der Waals surface area contributed by atoms with Gasteiger partial charge in [0.05, 0.1) is 12.4 Å². The minimum absolute atomic E-state index is 0.175. The third-order valence-corrected chi connectivity index (χ3v) is 2.65. The summed E-state index contributed by atoms with van der Waals surface area (Å²) in [5.74, 6) is 0.554. The van der Waals surface area contributed by atoms with Crippen molar-refractivity contribution in [2.45, 2.75) is 12.5 Å². The predicted molar refractivity (Wildman–Crippen MR) is 56.9 cm³/mol. The first kappa shape index (κ1) is 9.97. The second kappa shape index (κ2) is 3.90. The smallest absolute Gasteiger partial charge is 0.276 e. The van der Waals surface area contributed by atoms with Gasteiger partial charge in [-0.1, -0.05) is 0 Å². The van der Waals surface area contributed by atoms with Crippen LogP contribution in [0.5, 0.6) is 0 Å². The van der Waals surface area contributed by atoms with E-state index >= 15 is 0 Å². The van der Waals surface area contributed by atoms with E-state index in [1.807, 2.05) is 4.90 Å². The molecule has 1 aromatic rings. The largest absolute Gasteiger partial charge is 0.391 e. The molecule has 0 aliphatic carbocycles. The van der Waals surface area contributed by atoms with Crippen molar-refractivity contribution in [3.05, 3.63) is 16.7 Å². The number of aromatic nitrogens is 2. The number of nitrogens with one attached hydrogen (secondary N) is 1. The van der Waals surface area contributed by atoms with Crippen molar-refractivity contribution in [1.29, 1.82) is 0 Å². The van der Waals surface area contributed by atoms with Crippen LogP contribution in [0.3, 0.4) is 0 Å². The van der Waals surface area contributed by atoms with Gasteiger partial charge in [-0.3, -0.25) is 4.79 Å². The predicted octanol–water partition coefficient (Wildman–Crippen LogP) is -0.423. The number of anilines is 2. The standard InChI is InChI=1S/C9H14N4O2/c1-15-6-2-3-13(4-6)8-7(10)9(14)12-5-11-8/h5-6H,2-4,10H2,1H3,(H,11,12,14). The number of aromatic amines is 1. The van der Waals surface area contributed by atoms with Crippen molar-refractivity contribution in [2.24, 2.45) is 0 Å². The molecule has 82 valence electrons. The van der Waals surface area contributed by atoms with Crippen LogP contribution in [-0.2, 0) is 4.74 Å². The molecule has 15 heavy (non-hydrogen) atoms. The van der Waals surface area contributed by atoms with Gasteiger partial charge in [0.25, 0.3) is 5.56 Å². The first-order valence-electron chi connectivity index (χ1n) is 4.83. The maximum absolute atomic E-state index is 11.3. The van der Waals surface area contributed by atoms with E-state index in [0.29, 0.717) is 5.82 Å². The van der Waals surface area contributed by atoms with Crippen molar-refractivity contribution in [3.63, 3.8) is 0 Å². The molecule has 0 aromatic carbocycles. The molecule has 1 aromatic heterocycles. The number of nitrogens with two attached hydrogens (primary N) is 1. The summed E-state index contributed by atoms with van der Waals surface area (Å²) in [4.78, 5) is 19.8. The molecule has 2 heterocycles. The molecular weight excluding hydrogens is 196 g/mol. The highest BCUT2D eigenvalue weighted by Gasteiger charge is 2.24. The molecule has 1 aliphatic rings. The van der Waals surface area contributed by atoms with Crippen LogP contribution in [0.15, 0.2) is 11.1 Å². The highest BCUT2D eigenvalue weighted by molar-refractivity contribution is 5.61. The van der Waals surface area contributed by atoms with Crippen LogP contribution in [0.2, 0.25) is 0 Å². The number of rotatable bonds is 2. The van der Waals surface area contributed by atoms with Crippen molar-refractivity contribution in [3.8, 4) is 0 Å². The highest BCUT2D eigenvalue weighted by Crippen LogP contribution is 2.21. The second-order valence-electron chi connectivity index (χ2n) is 3.56. The SMILES string of the molecule is COC1CCN(c2nc[nH]c(=O)c2N)C1. The Hall–Kier alpha value is -1.56. The van der Waals surface area contributed by atoms with Gasteiger partial charge in [0, 0.05) is 20.2 Å². The number of nitrogens with zero attached hydrogens (tertiary/aromatic N) is 2. The Balaban J connectivity index is 2.24. The fraction of sp³-hybridized carbons (Fsp3) is 0.556. The van der Waals surface area contributed by atoms with Crippen molar-refractivity contribution >= 4 is 11.5 Å². The Morgan fingerprint density at radius 2 is 2.53 bits per heavy atom. The van der Waals surface area contributed by atoms with E-state index in [-0.39, 0.29) is 17.4 Å². The average Bonchev–Trinajstić information content (AvgIpc) is 2.70. The Labute approximate surface area is 87.1 Å². The molecule has 0 saturated carbocycles. The first-order chi connectivity index (χ1) is 7.22. The zero-order valence-electron chi connectivity index (χ0n) is 8.56. The van der Waals surface area contributed by atoms with Gasteiger partial charge in [-0.2, -0.15) is 0 Å².